The Labute approximate surface area is 126 Å². The molecule has 3 nitrogen and oxygen atoms in total. The number of anilines is 1. The molecule has 21 heavy (non-hydrogen) atoms. The predicted octanol–water partition coefficient (Wildman–Crippen LogP) is 3.74. The van der Waals surface area contributed by atoms with Gasteiger partial charge in [-0.1, -0.05) is 32.4 Å². The molecule has 1 aromatic heterocycles. The lowest BCUT2D eigenvalue weighted by atomic mass is 9.85. The van der Waals surface area contributed by atoms with Crippen LogP contribution >= 0.6 is 11.6 Å². The predicted molar refractivity (Wildman–Crippen MR) is 75.5 cm³/mol. The topological polar surface area (TPSA) is 36.4 Å². The monoisotopic (exact) mass is 322 g/mol. The number of hydrogen-bond acceptors (Lipinski definition) is 3. The number of hydrogen-bond donors (Lipinski definition) is 1. The SMILES string of the molecule is CC(C)(C)C1C[C@H](O)CN1c1ncc(C(F)(F)F)cc1Cl. The fourth-order valence-corrected chi connectivity index (χ4v) is 2.94. The molecule has 0 radical (unpaired) electrons. The molecule has 0 aromatic carbocycles. The largest absolute Gasteiger partial charge is 0.417 e. The Kier molecular flexibility index (Phi) is 4.14. The van der Waals surface area contributed by atoms with Crippen molar-refractivity contribution in [2.75, 3.05) is 11.4 Å². The molecule has 1 aromatic rings. The van der Waals surface area contributed by atoms with E-state index < -0.39 is 17.8 Å². The van der Waals surface area contributed by atoms with Crippen molar-refractivity contribution in [1.29, 1.82) is 0 Å². The van der Waals surface area contributed by atoms with Crippen molar-refractivity contribution in [3.63, 3.8) is 0 Å². The average molecular weight is 323 g/mol. The van der Waals surface area contributed by atoms with Crippen molar-refractivity contribution in [3.05, 3.63) is 22.8 Å². The van der Waals surface area contributed by atoms with E-state index in [0.29, 0.717) is 18.8 Å². The van der Waals surface area contributed by atoms with Crippen molar-refractivity contribution in [2.24, 2.45) is 5.41 Å². The van der Waals surface area contributed by atoms with Gasteiger partial charge in [-0.3, -0.25) is 0 Å². The first kappa shape index (κ1) is 16.4. The number of alkyl halides is 3. The molecule has 1 aliphatic heterocycles. The zero-order valence-corrected chi connectivity index (χ0v) is 12.8. The number of rotatable bonds is 1. The number of β-amino-alcohol motifs (C(OH)–C–C–N with tert-alkyl or cyclic N) is 1. The quantitative estimate of drug-likeness (QED) is 0.855. The maximum absolute atomic E-state index is 12.7. The lowest BCUT2D eigenvalue weighted by molar-refractivity contribution is -0.137. The van der Waals surface area contributed by atoms with Crippen molar-refractivity contribution < 1.29 is 18.3 Å². The van der Waals surface area contributed by atoms with Crippen LogP contribution in [0.15, 0.2) is 12.3 Å². The summed E-state index contributed by atoms with van der Waals surface area (Å²) in [7, 11) is 0. The Bertz CT molecular complexity index is 528. The van der Waals surface area contributed by atoms with E-state index in [1.165, 1.54) is 0 Å². The maximum Gasteiger partial charge on any atom is 0.417 e. The third-order valence-corrected chi connectivity index (χ3v) is 3.98. The fourth-order valence-electron chi connectivity index (χ4n) is 2.67. The number of pyridine rings is 1. The zero-order chi connectivity index (χ0) is 16.0. The second-order valence-electron chi connectivity index (χ2n) is 6.45. The van der Waals surface area contributed by atoms with Gasteiger partial charge in [-0.15, -0.1) is 0 Å². The van der Waals surface area contributed by atoms with E-state index in [9.17, 15) is 18.3 Å². The molecule has 1 unspecified atom stereocenters. The number of halogens is 4. The van der Waals surface area contributed by atoms with Gasteiger partial charge in [0.2, 0.25) is 0 Å². The van der Waals surface area contributed by atoms with Gasteiger partial charge < -0.3 is 10.0 Å². The molecule has 2 atom stereocenters. The summed E-state index contributed by atoms with van der Waals surface area (Å²) in [5.41, 5.74) is -1.02. The number of aliphatic hydroxyl groups excluding tert-OH is 1. The van der Waals surface area contributed by atoms with Gasteiger partial charge in [-0.2, -0.15) is 13.2 Å². The first-order valence-electron chi connectivity index (χ1n) is 6.67. The molecule has 0 saturated carbocycles. The molecule has 1 N–H and O–H groups in total. The van der Waals surface area contributed by atoms with E-state index in [0.717, 1.165) is 12.3 Å². The van der Waals surface area contributed by atoms with Crippen molar-refractivity contribution >= 4 is 17.4 Å². The highest BCUT2D eigenvalue weighted by molar-refractivity contribution is 6.33. The summed E-state index contributed by atoms with van der Waals surface area (Å²) in [6.07, 6.45) is -3.67. The van der Waals surface area contributed by atoms with Crippen LogP contribution in [0, 0.1) is 5.41 Å². The highest BCUT2D eigenvalue weighted by Gasteiger charge is 2.40. The van der Waals surface area contributed by atoms with Crippen LogP contribution in [0.2, 0.25) is 5.02 Å². The van der Waals surface area contributed by atoms with Crippen LogP contribution in [0.4, 0.5) is 19.0 Å². The van der Waals surface area contributed by atoms with Crippen LogP contribution in [-0.2, 0) is 6.18 Å². The second-order valence-corrected chi connectivity index (χ2v) is 6.86. The van der Waals surface area contributed by atoms with Crippen LogP contribution in [0.1, 0.15) is 32.8 Å². The first-order valence-corrected chi connectivity index (χ1v) is 7.05. The molecule has 7 heteroatoms. The van der Waals surface area contributed by atoms with Crippen molar-refractivity contribution in [3.8, 4) is 0 Å². The summed E-state index contributed by atoms with van der Waals surface area (Å²) >= 11 is 5.99. The first-order chi connectivity index (χ1) is 9.50. The van der Waals surface area contributed by atoms with Gasteiger partial charge >= 0.3 is 6.18 Å². The molecule has 2 rings (SSSR count). The molecular weight excluding hydrogens is 305 g/mol. The third-order valence-electron chi connectivity index (χ3n) is 3.70. The van der Waals surface area contributed by atoms with Crippen molar-refractivity contribution in [2.45, 2.75) is 45.5 Å². The highest BCUT2D eigenvalue weighted by Crippen LogP contribution is 2.39. The smallest absolute Gasteiger partial charge is 0.391 e. The van der Waals surface area contributed by atoms with E-state index in [2.05, 4.69) is 4.98 Å². The van der Waals surface area contributed by atoms with Gasteiger partial charge in [0.05, 0.1) is 16.7 Å². The summed E-state index contributed by atoms with van der Waals surface area (Å²) in [6.45, 7) is 6.36. The molecule has 118 valence electrons. The molecule has 0 spiro atoms. The summed E-state index contributed by atoms with van der Waals surface area (Å²) < 4.78 is 38.0. The maximum atomic E-state index is 12.7. The fraction of sp³-hybridized carbons (Fsp3) is 0.643. The molecule has 1 saturated heterocycles. The Morgan fingerprint density at radius 2 is 1.95 bits per heavy atom. The molecule has 0 bridgehead atoms. The number of aromatic nitrogens is 1. The van der Waals surface area contributed by atoms with Gasteiger partial charge in [0.1, 0.15) is 5.82 Å². The number of nitrogens with zero attached hydrogens (tertiary/aromatic N) is 2. The Hall–Kier alpha value is -1.01. The van der Waals surface area contributed by atoms with E-state index in [-0.39, 0.29) is 16.5 Å². The van der Waals surface area contributed by atoms with Gasteiger partial charge in [0, 0.05) is 18.8 Å². The highest BCUT2D eigenvalue weighted by atomic mass is 35.5. The molecular formula is C14H18ClF3N2O. The van der Waals surface area contributed by atoms with Crippen LogP contribution in [-0.4, -0.2) is 28.8 Å². The number of aliphatic hydroxyl groups is 1. The van der Waals surface area contributed by atoms with E-state index >= 15 is 0 Å². The minimum absolute atomic E-state index is 0.0331. The Morgan fingerprint density at radius 3 is 2.43 bits per heavy atom. The van der Waals surface area contributed by atoms with Gasteiger partial charge in [0.25, 0.3) is 0 Å². The minimum atomic E-state index is -4.47. The zero-order valence-electron chi connectivity index (χ0n) is 12.1. The van der Waals surface area contributed by atoms with Crippen LogP contribution in [0.25, 0.3) is 0 Å². The molecule has 1 fully saturated rings. The van der Waals surface area contributed by atoms with E-state index in [4.69, 9.17) is 11.6 Å². The minimum Gasteiger partial charge on any atom is -0.391 e. The normalized spacial score (nSPS) is 23.7. The van der Waals surface area contributed by atoms with Crippen LogP contribution in [0.3, 0.4) is 0 Å². The van der Waals surface area contributed by atoms with Crippen LogP contribution in [0.5, 0.6) is 0 Å². The molecule has 1 aliphatic rings. The summed E-state index contributed by atoms with van der Waals surface area (Å²) in [5, 5.41) is 9.83. The standard InChI is InChI=1S/C14H18ClF3N2O/c1-13(2,3)11-5-9(21)7-20(11)12-10(15)4-8(6-19-12)14(16,17)18/h4,6,9,11,21H,5,7H2,1-3H3/t9-,11?/m0/s1. The molecule has 2 heterocycles. The van der Waals surface area contributed by atoms with E-state index in [1.807, 2.05) is 20.8 Å². The molecule has 0 aliphatic carbocycles. The Balaban J connectivity index is 2.37. The van der Waals surface area contributed by atoms with Gasteiger partial charge in [-0.25, -0.2) is 4.98 Å². The Morgan fingerprint density at radius 1 is 1.33 bits per heavy atom. The van der Waals surface area contributed by atoms with Gasteiger partial charge in [0.15, 0.2) is 0 Å². The summed E-state index contributed by atoms with van der Waals surface area (Å²) in [4.78, 5) is 5.69. The van der Waals surface area contributed by atoms with Crippen molar-refractivity contribution in [1.82, 2.24) is 4.98 Å². The second kappa shape index (κ2) is 5.32. The lowest BCUT2D eigenvalue weighted by Crippen LogP contribution is -2.40. The summed E-state index contributed by atoms with van der Waals surface area (Å²) in [5.74, 6) is 0.293. The van der Waals surface area contributed by atoms with Gasteiger partial charge in [-0.05, 0) is 17.9 Å². The van der Waals surface area contributed by atoms with Crippen LogP contribution < -0.4 is 4.90 Å². The lowest BCUT2D eigenvalue weighted by Gasteiger charge is -2.35. The molecule has 0 amide bonds. The average Bonchev–Trinajstić information content (AvgIpc) is 2.69. The summed E-state index contributed by atoms with van der Waals surface area (Å²) in [6, 6.07) is 0.850. The van der Waals surface area contributed by atoms with E-state index in [1.54, 1.807) is 4.90 Å². The third kappa shape index (κ3) is 3.43.